The lowest BCUT2D eigenvalue weighted by Gasteiger charge is -2.56. The number of carbonyl (C=O) groups is 1. The number of fused-ring (bicyclic) bond motifs is 1. The Morgan fingerprint density at radius 1 is 1.29 bits per heavy atom. The van der Waals surface area contributed by atoms with Crippen molar-refractivity contribution in [2.24, 2.45) is 5.92 Å². The maximum absolute atomic E-state index is 12.6. The fourth-order valence-electron chi connectivity index (χ4n) is 5.03. The van der Waals surface area contributed by atoms with Crippen molar-refractivity contribution in [3.05, 3.63) is 35.1 Å². The highest BCUT2D eigenvalue weighted by molar-refractivity contribution is 5.96. The Morgan fingerprint density at radius 2 is 2.08 bits per heavy atom. The predicted molar refractivity (Wildman–Crippen MR) is 89.3 cm³/mol. The Bertz CT molecular complexity index is 741. The number of hydrogen-bond acceptors (Lipinski definition) is 5. The van der Waals surface area contributed by atoms with Crippen LogP contribution in [0.1, 0.15) is 24.0 Å². The minimum Gasteiger partial charge on any atom is -0.504 e. The summed E-state index contributed by atoms with van der Waals surface area (Å²) in [5, 5.41) is 10.9. The van der Waals surface area contributed by atoms with E-state index in [1.165, 1.54) is 0 Å². The molecule has 0 saturated carbocycles. The van der Waals surface area contributed by atoms with Gasteiger partial charge in [-0.1, -0.05) is 6.07 Å². The summed E-state index contributed by atoms with van der Waals surface area (Å²) in [6.07, 6.45) is 4.08. The molecule has 3 aliphatic rings. The summed E-state index contributed by atoms with van der Waals surface area (Å²) in [5.74, 6) is 1.32. The number of nitrogens with zero attached hydrogens (tertiary/aromatic N) is 1. The van der Waals surface area contributed by atoms with Crippen LogP contribution in [0.25, 0.3) is 0 Å². The Labute approximate surface area is 141 Å². The number of benzene rings is 1. The third kappa shape index (κ3) is 1.88. The third-order valence-corrected chi connectivity index (χ3v) is 6.21. The number of rotatable bonds is 2. The number of phenols is 1. The van der Waals surface area contributed by atoms with E-state index in [1.54, 1.807) is 14.2 Å². The highest BCUT2D eigenvalue weighted by Gasteiger charge is 2.56. The molecule has 1 heterocycles. The minimum absolute atomic E-state index is 0.0205. The van der Waals surface area contributed by atoms with Gasteiger partial charge in [-0.3, -0.25) is 4.79 Å². The summed E-state index contributed by atoms with van der Waals surface area (Å²) in [4.78, 5) is 15.0. The van der Waals surface area contributed by atoms with E-state index in [0.29, 0.717) is 24.0 Å². The zero-order valence-corrected chi connectivity index (χ0v) is 14.3. The summed E-state index contributed by atoms with van der Waals surface area (Å²) >= 11 is 0. The van der Waals surface area contributed by atoms with Gasteiger partial charge in [-0.2, -0.15) is 0 Å². The van der Waals surface area contributed by atoms with Gasteiger partial charge in [-0.25, -0.2) is 0 Å². The molecule has 1 N–H and O–H groups in total. The average Bonchev–Trinajstić information content (AvgIpc) is 2.57. The Morgan fingerprint density at radius 3 is 2.79 bits per heavy atom. The molecule has 1 aromatic carbocycles. The SMILES string of the molecule is COC1=CC2[C@@H]3Cc4ccc(OC)c(O)c4C2(CCN3C)CC1=O. The normalized spacial score (nSPS) is 31.8. The van der Waals surface area contributed by atoms with Crippen LogP contribution in [0.4, 0.5) is 0 Å². The number of piperidine rings is 1. The van der Waals surface area contributed by atoms with E-state index in [0.717, 1.165) is 30.5 Å². The van der Waals surface area contributed by atoms with Crippen LogP contribution in [0, 0.1) is 5.92 Å². The predicted octanol–water partition coefficient (Wildman–Crippen LogP) is 2.02. The fourth-order valence-corrected chi connectivity index (χ4v) is 5.03. The van der Waals surface area contributed by atoms with Crippen LogP contribution in [0.2, 0.25) is 0 Å². The number of phenolic OH excluding ortho intramolecular Hbond substituents is 1. The van der Waals surface area contributed by atoms with E-state index < -0.39 is 0 Å². The Kier molecular flexibility index (Phi) is 3.39. The molecular weight excluding hydrogens is 306 g/mol. The van der Waals surface area contributed by atoms with Crippen molar-refractivity contribution in [1.29, 1.82) is 0 Å². The lowest BCUT2D eigenvalue weighted by Crippen LogP contribution is -2.60. The standard InChI is InChI=1S/C19H23NO4/c1-20-7-6-19-10-14(21)16(24-3)9-12(19)13(20)8-11-4-5-15(23-2)18(22)17(11)19/h4-5,9,12-13,22H,6-8,10H2,1-3H3/t12?,13-,19?/m0/s1. The minimum atomic E-state index is -0.359. The van der Waals surface area contributed by atoms with E-state index in [-0.39, 0.29) is 22.9 Å². The molecule has 5 nitrogen and oxygen atoms in total. The molecule has 0 amide bonds. The van der Waals surface area contributed by atoms with Crippen LogP contribution in [-0.2, 0) is 21.4 Å². The molecule has 128 valence electrons. The van der Waals surface area contributed by atoms with Crippen LogP contribution in [0.15, 0.2) is 24.0 Å². The number of methoxy groups -OCH3 is 2. The first-order chi connectivity index (χ1) is 11.5. The topological polar surface area (TPSA) is 59.0 Å². The first-order valence-electron chi connectivity index (χ1n) is 8.40. The molecule has 5 heteroatoms. The smallest absolute Gasteiger partial charge is 0.197 e. The van der Waals surface area contributed by atoms with Gasteiger partial charge in [0.1, 0.15) is 0 Å². The molecule has 3 atom stereocenters. The summed E-state index contributed by atoms with van der Waals surface area (Å²) in [6.45, 7) is 0.917. The molecule has 1 aromatic rings. The first kappa shape index (κ1) is 15.5. The maximum atomic E-state index is 12.6. The van der Waals surface area contributed by atoms with Crippen molar-refractivity contribution in [1.82, 2.24) is 4.90 Å². The molecule has 0 spiro atoms. The third-order valence-electron chi connectivity index (χ3n) is 6.21. The van der Waals surface area contributed by atoms with Crippen molar-refractivity contribution in [2.75, 3.05) is 27.8 Å². The quantitative estimate of drug-likeness (QED) is 0.899. The monoisotopic (exact) mass is 329 g/mol. The number of ketones is 1. The molecule has 2 aliphatic carbocycles. The number of aromatic hydroxyl groups is 1. The molecule has 1 fully saturated rings. The zero-order valence-electron chi connectivity index (χ0n) is 14.3. The lowest BCUT2D eigenvalue weighted by atomic mass is 9.53. The maximum Gasteiger partial charge on any atom is 0.197 e. The van der Waals surface area contributed by atoms with Gasteiger partial charge in [0.05, 0.1) is 14.2 Å². The van der Waals surface area contributed by atoms with Gasteiger partial charge in [-0.15, -0.1) is 0 Å². The number of hydrogen-bond donors (Lipinski definition) is 1. The van der Waals surface area contributed by atoms with Crippen molar-refractivity contribution in [3.8, 4) is 11.5 Å². The number of allylic oxidation sites excluding steroid dienone is 1. The van der Waals surface area contributed by atoms with E-state index in [2.05, 4.69) is 11.9 Å². The van der Waals surface area contributed by atoms with Crippen molar-refractivity contribution >= 4 is 5.78 Å². The molecule has 4 rings (SSSR count). The van der Waals surface area contributed by atoms with E-state index in [1.807, 2.05) is 18.2 Å². The van der Waals surface area contributed by atoms with Gasteiger partial charge in [0.25, 0.3) is 0 Å². The van der Waals surface area contributed by atoms with Crippen LogP contribution in [0.5, 0.6) is 11.5 Å². The Balaban J connectivity index is 1.97. The van der Waals surface area contributed by atoms with Gasteiger partial charge in [0, 0.05) is 29.4 Å². The highest BCUT2D eigenvalue weighted by Crippen LogP contribution is 2.57. The number of ether oxygens (including phenoxy) is 2. The van der Waals surface area contributed by atoms with Gasteiger partial charge in [0.2, 0.25) is 0 Å². The average molecular weight is 329 g/mol. The molecule has 2 unspecified atom stereocenters. The van der Waals surface area contributed by atoms with E-state index in [9.17, 15) is 9.90 Å². The first-order valence-corrected chi connectivity index (χ1v) is 8.40. The van der Waals surface area contributed by atoms with E-state index >= 15 is 0 Å². The second kappa shape index (κ2) is 5.24. The van der Waals surface area contributed by atoms with Gasteiger partial charge in [-0.05, 0) is 44.1 Å². The number of likely N-dealkylation sites (tertiary alicyclic amines) is 1. The molecule has 2 bridgehead atoms. The van der Waals surface area contributed by atoms with Crippen LogP contribution >= 0.6 is 0 Å². The van der Waals surface area contributed by atoms with Crippen LogP contribution in [0.3, 0.4) is 0 Å². The second-order valence-corrected chi connectivity index (χ2v) is 7.17. The van der Waals surface area contributed by atoms with Crippen molar-refractivity contribution in [2.45, 2.75) is 30.7 Å². The fraction of sp³-hybridized carbons (Fsp3) is 0.526. The number of likely N-dealkylation sites (N-methyl/N-ethyl adjacent to an activating group) is 1. The second-order valence-electron chi connectivity index (χ2n) is 7.17. The molecule has 1 saturated heterocycles. The summed E-state index contributed by atoms with van der Waals surface area (Å²) < 4.78 is 10.6. The number of Topliss-reactive ketones (excluding diaryl/α,β-unsaturated/α-hetero) is 1. The molecular formula is C19H23NO4. The molecule has 1 aliphatic heterocycles. The van der Waals surface area contributed by atoms with Crippen LogP contribution < -0.4 is 4.74 Å². The summed E-state index contributed by atoms with van der Waals surface area (Å²) in [5.41, 5.74) is 1.68. The van der Waals surface area contributed by atoms with Gasteiger partial charge >= 0.3 is 0 Å². The summed E-state index contributed by atoms with van der Waals surface area (Å²) in [7, 11) is 5.25. The largest absolute Gasteiger partial charge is 0.504 e. The van der Waals surface area contributed by atoms with Crippen molar-refractivity contribution in [3.63, 3.8) is 0 Å². The van der Waals surface area contributed by atoms with Gasteiger partial charge < -0.3 is 19.5 Å². The van der Waals surface area contributed by atoms with E-state index in [4.69, 9.17) is 9.47 Å². The molecule has 24 heavy (non-hydrogen) atoms. The van der Waals surface area contributed by atoms with Crippen LogP contribution in [-0.4, -0.2) is 49.6 Å². The van der Waals surface area contributed by atoms with Crippen molar-refractivity contribution < 1.29 is 19.4 Å². The lowest BCUT2D eigenvalue weighted by molar-refractivity contribution is -0.122. The Hall–Kier alpha value is -2.01. The highest BCUT2D eigenvalue weighted by atomic mass is 16.5. The molecule has 0 radical (unpaired) electrons. The number of carbonyl (C=O) groups excluding carboxylic acids is 1. The summed E-state index contributed by atoms with van der Waals surface area (Å²) in [6, 6.07) is 4.18. The molecule has 0 aromatic heterocycles. The van der Waals surface area contributed by atoms with Gasteiger partial charge in [0.15, 0.2) is 23.0 Å². The zero-order chi connectivity index (χ0) is 17.1.